The van der Waals surface area contributed by atoms with Gasteiger partial charge in [-0.2, -0.15) is 5.10 Å². The Hall–Kier alpha value is -1.51. The molecule has 82 valence electrons. The van der Waals surface area contributed by atoms with E-state index >= 15 is 0 Å². The number of aromatic nitrogens is 2. The van der Waals surface area contributed by atoms with E-state index in [-0.39, 0.29) is 6.61 Å². The molecule has 0 aliphatic carbocycles. The molecule has 1 aliphatic rings. The highest BCUT2D eigenvalue weighted by Gasteiger charge is 2.31. The van der Waals surface area contributed by atoms with E-state index in [0.29, 0.717) is 19.0 Å². The standard InChI is InChI=1S/C7H13N7O/c8-7(9)5-15-4-3-14(7)13-12-6-1-2-10-11-6/h1-2H,3-5,8-9H2,(H,10,11). The Morgan fingerprint density at radius 1 is 1.60 bits per heavy atom. The van der Waals surface area contributed by atoms with Gasteiger partial charge in [0.25, 0.3) is 0 Å². The first-order chi connectivity index (χ1) is 7.18. The minimum Gasteiger partial charge on any atom is -0.374 e. The van der Waals surface area contributed by atoms with Crippen molar-refractivity contribution in [2.24, 2.45) is 21.8 Å². The highest BCUT2D eigenvalue weighted by Crippen LogP contribution is 2.12. The fourth-order valence-electron chi connectivity index (χ4n) is 1.20. The Labute approximate surface area is 86.3 Å². The van der Waals surface area contributed by atoms with Crippen LogP contribution in [0.1, 0.15) is 0 Å². The molecule has 0 aromatic carbocycles. The van der Waals surface area contributed by atoms with Gasteiger partial charge < -0.3 is 4.74 Å². The van der Waals surface area contributed by atoms with Crippen LogP contribution in [0.2, 0.25) is 0 Å². The first-order valence-corrected chi connectivity index (χ1v) is 4.53. The van der Waals surface area contributed by atoms with E-state index in [2.05, 4.69) is 20.5 Å². The summed E-state index contributed by atoms with van der Waals surface area (Å²) in [6.45, 7) is 1.29. The zero-order chi connectivity index (χ0) is 10.7. The van der Waals surface area contributed by atoms with Crippen molar-refractivity contribution in [3.8, 4) is 0 Å². The Morgan fingerprint density at radius 2 is 2.47 bits per heavy atom. The summed E-state index contributed by atoms with van der Waals surface area (Å²) >= 11 is 0. The first kappa shape index (κ1) is 10.0. The number of aromatic amines is 1. The number of nitrogens with two attached hydrogens (primary N) is 2. The molecule has 5 N–H and O–H groups in total. The average Bonchev–Trinajstić information content (AvgIpc) is 2.68. The van der Waals surface area contributed by atoms with Crippen molar-refractivity contribution in [2.75, 3.05) is 19.8 Å². The average molecular weight is 211 g/mol. The molecule has 1 aromatic heterocycles. The lowest BCUT2D eigenvalue weighted by atomic mass is 10.3. The Balaban J connectivity index is 2.04. The normalized spacial score (nSPS) is 21.1. The third kappa shape index (κ3) is 2.29. The van der Waals surface area contributed by atoms with Crippen LogP contribution in [0, 0.1) is 0 Å². The van der Waals surface area contributed by atoms with Gasteiger partial charge in [0.2, 0.25) is 0 Å². The quantitative estimate of drug-likeness (QED) is 0.442. The summed E-state index contributed by atoms with van der Waals surface area (Å²) in [6, 6.07) is 1.69. The first-order valence-electron chi connectivity index (χ1n) is 4.53. The largest absolute Gasteiger partial charge is 0.374 e. The van der Waals surface area contributed by atoms with E-state index in [4.69, 9.17) is 16.2 Å². The molecule has 0 spiro atoms. The fourth-order valence-corrected chi connectivity index (χ4v) is 1.20. The van der Waals surface area contributed by atoms with Crippen LogP contribution in [0.3, 0.4) is 0 Å². The highest BCUT2D eigenvalue weighted by molar-refractivity contribution is 5.21. The second-order valence-electron chi connectivity index (χ2n) is 3.30. The minimum atomic E-state index is -1.10. The van der Waals surface area contributed by atoms with Crippen LogP contribution >= 0.6 is 0 Å². The number of rotatable bonds is 2. The Bertz CT molecular complexity index is 333. The molecule has 2 heterocycles. The lowest BCUT2D eigenvalue weighted by Gasteiger charge is -2.37. The molecule has 0 radical (unpaired) electrons. The van der Waals surface area contributed by atoms with Crippen molar-refractivity contribution >= 4 is 5.82 Å². The molecule has 0 saturated carbocycles. The molecule has 15 heavy (non-hydrogen) atoms. The van der Waals surface area contributed by atoms with Crippen molar-refractivity contribution < 1.29 is 4.74 Å². The molecule has 0 unspecified atom stereocenters. The lowest BCUT2D eigenvalue weighted by Crippen LogP contribution is -2.67. The molecule has 8 nitrogen and oxygen atoms in total. The van der Waals surface area contributed by atoms with Gasteiger partial charge in [-0.1, -0.05) is 5.22 Å². The molecule has 1 fully saturated rings. The summed E-state index contributed by atoms with van der Waals surface area (Å²) in [6.07, 6.45) is 1.59. The Morgan fingerprint density at radius 3 is 3.13 bits per heavy atom. The smallest absolute Gasteiger partial charge is 0.182 e. The fraction of sp³-hybridized carbons (Fsp3) is 0.571. The summed E-state index contributed by atoms with van der Waals surface area (Å²) in [4.78, 5) is 0. The lowest BCUT2D eigenvalue weighted by molar-refractivity contribution is -0.0666. The van der Waals surface area contributed by atoms with E-state index < -0.39 is 5.79 Å². The summed E-state index contributed by atoms with van der Waals surface area (Å²) in [5, 5.41) is 15.7. The van der Waals surface area contributed by atoms with Gasteiger partial charge in [0.05, 0.1) is 26.0 Å². The maximum absolute atomic E-state index is 5.76. The number of morpholine rings is 1. The van der Waals surface area contributed by atoms with Crippen LogP contribution in [0.15, 0.2) is 22.6 Å². The van der Waals surface area contributed by atoms with Gasteiger partial charge in [0.15, 0.2) is 11.6 Å². The van der Waals surface area contributed by atoms with E-state index in [1.165, 1.54) is 5.01 Å². The van der Waals surface area contributed by atoms with Gasteiger partial charge in [-0.3, -0.25) is 16.6 Å². The van der Waals surface area contributed by atoms with Crippen molar-refractivity contribution in [3.63, 3.8) is 0 Å². The number of nitrogens with zero attached hydrogens (tertiary/aromatic N) is 4. The van der Waals surface area contributed by atoms with Gasteiger partial charge >= 0.3 is 0 Å². The van der Waals surface area contributed by atoms with Crippen molar-refractivity contribution in [3.05, 3.63) is 12.3 Å². The molecule has 0 atom stereocenters. The third-order valence-electron chi connectivity index (χ3n) is 2.01. The van der Waals surface area contributed by atoms with Crippen LogP contribution in [-0.4, -0.2) is 40.8 Å². The Kier molecular flexibility index (Phi) is 2.62. The van der Waals surface area contributed by atoms with Crippen LogP contribution < -0.4 is 11.5 Å². The third-order valence-corrected chi connectivity index (χ3v) is 2.01. The van der Waals surface area contributed by atoms with Crippen molar-refractivity contribution in [1.82, 2.24) is 15.2 Å². The summed E-state index contributed by atoms with van der Waals surface area (Å²) in [7, 11) is 0. The molecule has 1 aliphatic heterocycles. The molecule has 1 saturated heterocycles. The molecular weight excluding hydrogens is 198 g/mol. The van der Waals surface area contributed by atoms with Gasteiger partial charge in [0.1, 0.15) is 0 Å². The van der Waals surface area contributed by atoms with Crippen molar-refractivity contribution in [1.29, 1.82) is 0 Å². The van der Waals surface area contributed by atoms with Gasteiger partial charge in [-0.15, -0.1) is 5.11 Å². The van der Waals surface area contributed by atoms with E-state index in [1.54, 1.807) is 12.3 Å². The SMILES string of the molecule is NC1(N)COCCN1N=Nc1ccn[nH]1. The zero-order valence-electron chi connectivity index (χ0n) is 8.13. The summed E-state index contributed by atoms with van der Waals surface area (Å²) in [5.74, 6) is -0.542. The second-order valence-corrected chi connectivity index (χ2v) is 3.30. The van der Waals surface area contributed by atoms with Crippen LogP contribution in [0.5, 0.6) is 0 Å². The van der Waals surface area contributed by atoms with Crippen molar-refractivity contribution in [2.45, 2.75) is 5.79 Å². The number of H-pyrrole nitrogens is 1. The van der Waals surface area contributed by atoms with Crippen LogP contribution in [-0.2, 0) is 4.74 Å². The van der Waals surface area contributed by atoms with E-state index in [0.717, 1.165) is 0 Å². The number of hydrogen-bond donors (Lipinski definition) is 3. The molecule has 0 bridgehead atoms. The maximum atomic E-state index is 5.76. The molecule has 0 amide bonds. The topological polar surface area (TPSA) is 118 Å². The minimum absolute atomic E-state index is 0.231. The number of ether oxygens (including phenoxy) is 1. The second kappa shape index (κ2) is 3.93. The van der Waals surface area contributed by atoms with Gasteiger partial charge in [-0.05, 0) is 0 Å². The predicted molar refractivity (Wildman–Crippen MR) is 51.7 cm³/mol. The monoisotopic (exact) mass is 211 g/mol. The highest BCUT2D eigenvalue weighted by atomic mass is 16.5. The van der Waals surface area contributed by atoms with Crippen LogP contribution in [0.4, 0.5) is 5.82 Å². The van der Waals surface area contributed by atoms with Gasteiger partial charge in [-0.25, -0.2) is 5.01 Å². The molecular formula is C7H13N7O. The molecule has 2 rings (SSSR count). The molecule has 8 heteroatoms. The van der Waals surface area contributed by atoms with Crippen LogP contribution in [0.25, 0.3) is 0 Å². The zero-order valence-corrected chi connectivity index (χ0v) is 8.13. The summed E-state index contributed by atoms with van der Waals surface area (Å²) < 4.78 is 5.14. The predicted octanol–water partition coefficient (Wildman–Crippen LogP) is -0.688. The number of hydrogen-bond acceptors (Lipinski definition) is 6. The number of nitrogens with one attached hydrogen (secondary N) is 1. The molecule has 1 aromatic rings. The maximum Gasteiger partial charge on any atom is 0.182 e. The van der Waals surface area contributed by atoms with Gasteiger partial charge in [0, 0.05) is 6.07 Å². The van der Waals surface area contributed by atoms with E-state index in [1.807, 2.05) is 0 Å². The summed E-state index contributed by atoms with van der Waals surface area (Å²) in [5.41, 5.74) is 11.5. The van der Waals surface area contributed by atoms with E-state index in [9.17, 15) is 0 Å².